The molecule has 0 N–H and O–H groups in total. The van der Waals surface area contributed by atoms with Crippen molar-refractivity contribution in [3.05, 3.63) is 33.8 Å². The van der Waals surface area contributed by atoms with E-state index in [1.54, 1.807) is 13.0 Å². The lowest BCUT2D eigenvalue weighted by atomic mass is 10.0. The molecule has 0 saturated heterocycles. The minimum atomic E-state index is -0.230. The van der Waals surface area contributed by atoms with Crippen molar-refractivity contribution in [3.8, 4) is 6.07 Å². The normalized spacial score (nSPS) is 9.56. The smallest absolute Gasteiger partial charge is 0.306 e. The summed E-state index contributed by atoms with van der Waals surface area (Å²) < 4.78 is 5.74. The maximum Gasteiger partial charge on any atom is 0.306 e. The second-order valence-corrected chi connectivity index (χ2v) is 4.13. The van der Waals surface area contributed by atoms with Crippen LogP contribution in [-0.4, -0.2) is 12.6 Å². The summed E-state index contributed by atoms with van der Waals surface area (Å²) in [5.41, 5.74) is 1.47. The minimum Gasteiger partial charge on any atom is -0.466 e. The summed E-state index contributed by atoms with van der Waals surface area (Å²) in [6.07, 6.45) is 0.833. The van der Waals surface area contributed by atoms with E-state index in [0.29, 0.717) is 25.0 Å². The highest BCUT2D eigenvalue weighted by Gasteiger charge is 2.07. The molecule has 4 heteroatoms. The quantitative estimate of drug-likeness (QED) is 0.798. The molecule has 1 aromatic rings. The molecule has 0 saturated carbocycles. The number of benzene rings is 1. The van der Waals surface area contributed by atoms with E-state index in [0.717, 1.165) is 10.0 Å². The Bertz CT molecular complexity index is 424. The number of halogens is 1. The first-order chi connectivity index (χ1) is 7.67. The lowest BCUT2D eigenvalue weighted by molar-refractivity contribution is -0.143. The summed E-state index contributed by atoms with van der Waals surface area (Å²) in [5.74, 6) is -0.230. The van der Waals surface area contributed by atoms with Gasteiger partial charge in [0.05, 0.1) is 18.2 Å². The van der Waals surface area contributed by atoms with Crippen LogP contribution >= 0.6 is 15.9 Å². The Balaban J connectivity index is 2.70. The first-order valence-corrected chi connectivity index (χ1v) is 5.80. The molecule has 0 aliphatic carbocycles. The van der Waals surface area contributed by atoms with Crippen molar-refractivity contribution < 1.29 is 9.53 Å². The van der Waals surface area contributed by atoms with Crippen LogP contribution in [0.15, 0.2) is 22.7 Å². The molecule has 16 heavy (non-hydrogen) atoms. The predicted molar refractivity (Wildman–Crippen MR) is 63.8 cm³/mol. The third-order valence-corrected chi connectivity index (χ3v) is 2.58. The van der Waals surface area contributed by atoms with E-state index < -0.39 is 0 Å². The number of rotatable bonds is 4. The van der Waals surface area contributed by atoms with Gasteiger partial charge < -0.3 is 4.74 Å². The van der Waals surface area contributed by atoms with Gasteiger partial charge >= 0.3 is 5.97 Å². The molecule has 0 radical (unpaired) electrons. The number of hydrogen-bond donors (Lipinski definition) is 0. The number of nitrogens with zero attached hydrogens (tertiary/aromatic N) is 1. The van der Waals surface area contributed by atoms with Gasteiger partial charge in [0, 0.05) is 10.9 Å². The van der Waals surface area contributed by atoms with Crippen molar-refractivity contribution in [1.82, 2.24) is 0 Å². The zero-order valence-electron chi connectivity index (χ0n) is 9.00. The Morgan fingerprint density at radius 3 is 2.94 bits per heavy atom. The first-order valence-electron chi connectivity index (χ1n) is 5.01. The monoisotopic (exact) mass is 281 g/mol. The molecular weight excluding hydrogens is 270 g/mol. The fraction of sp³-hybridized carbons (Fsp3) is 0.333. The highest BCUT2D eigenvalue weighted by atomic mass is 79.9. The highest BCUT2D eigenvalue weighted by Crippen LogP contribution is 2.17. The summed E-state index contributed by atoms with van der Waals surface area (Å²) >= 11 is 3.34. The van der Waals surface area contributed by atoms with E-state index in [4.69, 9.17) is 10.00 Å². The van der Waals surface area contributed by atoms with Crippen LogP contribution in [0.1, 0.15) is 24.5 Å². The number of hydrogen-bond acceptors (Lipinski definition) is 3. The van der Waals surface area contributed by atoms with Gasteiger partial charge in [0.1, 0.15) is 0 Å². The lowest BCUT2D eigenvalue weighted by Crippen LogP contribution is -2.05. The molecule has 0 unspecified atom stereocenters. The molecule has 0 bridgehead atoms. The van der Waals surface area contributed by atoms with Crippen molar-refractivity contribution in [2.45, 2.75) is 19.8 Å². The van der Waals surface area contributed by atoms with Crippen molar-refractivity contribution in [2.24, 2.45) is 0 Å². The molecule has 0 fully saturated rings. The second-order valence-electron chi connectivity index (χ2n) is 3.22. The van der Waals surface area contributed by atoms with Gasteiger partial charge in [-0.1, -0.05) is 15.9 Å². The molecule has 84 valence electrons. The summed E-state index contributed by atoms with van der Waals surface area (Å²) in [6, 6.07) is 7.52. The molecule has 0 aromatic heterocycles. The maximum absolute atomic E-state index is 11.2. The van der Waals surface area contributed by atoms with Crippen LogP contribution in [0.5, 0.6) is 0 Å². The fourth-order valence-electron chi connectivity index (χ4n) is 1.35. The second kappa shape index (κ2) is 6.29. The van der Waals surface area contributed by atoms with Crippen LogP contribution in [0.2, 0.25) is 0 Å². The third-order valence-electron chi connectivity index (χ3n) is 2.09. The highest BCUT2D eigenvalue weighted by molar-refractivity contribution is 9.10. The van der Waals surface area contributed by atoms with Gasteiger partial charge in [-0.2, -0.15) is 5.26 Å². The lowest BCUT2D eigenvalue weighted by Gasteiger charge is -2.04. The Labute approximate surface area is 103 Å². The van der Waals surface area contributed by atoms with Crippen LogP contribution < -0.4 is 0 Å². The van der Waals surface area contributed by atoms with Crippen LogP contribution in [-0.2, 0) is 16.0 Å². The maximum atomic E-state index is 11.2. The molecule has 1 rings (SSSR count). The average Bonchev–Trinajstić information content (AvgIpc) is 2.27. The van der Waals surface area contributed by atoms with E-state index in [1.165, 1.54) is 0 Å². The van der Waals surface area contributed by atoms with Gasteiger partial charge in [0.15, 0.2) is 0 Å². The Morgan fingerprint density at radius 1 is 1.56 bits per heavy atom. The topological polar surface area (TPSA) is 50.1 Å². The van der Waals surface area contributed by atoms with Crippen molar-refractivity contribution in [1.29, 1.82) is 5.26 Å². The van der Waals surface area contributed by atoms with Gasteiger partial charge in [-0.15, -0.1) is 0 Å². The Morgan fingerprint density at radius 2 is 2.31 bits per heavy atom. The molecule has 0 amide bonds. The van der Waals surface area contributed by atoms with Gasteiger partial charge in [0.25, 0.3) is 0 Å². The minimum absolute atomic E-state index is 0.230. The predicted octanol–water partition coefficient (Wildman–Crippen LogP) is 2.82. The van der Waals surface area contributed by atoms with Gasteiger partial charge in [0.2, 0.25) is 0 Å². The molecule has 0 atom stereocenters. The number of ether oxygens (including phenoxy) is 1. The van der Waals surface area contributed by atoms with E-state index >= 15 is 0 Å². The SMILES string of the molecule is CCOC(=O)CCc1cc(Br)ccc1C#N. The Hall–Kier alpha value is -1.34. The number of carbonyl (C=O) groups excluding carboxylic acids is 1. The molecular formula is C12H12BrNO2. The third kappa shape index (κ3) is 3.67. The molecule has 0 heterocycles. The summed E-state index contributed by atoms with van der Waals surface area (Å²) in [7, 11) is 0. The van der Waals surface area contributed by atoms with Crippen LogP contribution in [0, 0.1) is 11.3 Å². The summed E-state index contributed by atoms with van der Waals surface area (Å²) in [4.78, 5) is 11.2. The van der Waals surface area contributed by atoms with E-state index in [9.17, 15) is 4.79 Å². The largest absolute Gasteiger partial charge is 0.466 e. The molecule has 3 nitrogen and oxygen atoms in total. The van der Waals surface area contributed by atoms with Crippen LogP contribution in [0.4, 0.5) is 0 Å². The van der Waals surface area contributed by atoms with Crippen LogP contribution in [0.3, 0.4) is 0 Å². The summed E-state index contributed by atoms with van der Waals surface area (Å²) in [5, 5.41) is 8.90. The van der Waals surface area contributed by atoms with Gasteiger partial charge in [-0.3, -0.25) is 4.79 Å². The Kier molecular flexibility index (Phi) is 5.00. The molecule has 0 aliphatic heterocycles. The van der Waals surface area contributed by atoms with E-state index in [-0.39, 0.29) is 5.97 Å². The number of carbonyl (C=O) groups is 1. The standard InChI is InChI=1S/C12H12BrNO2/c1-2-16-12(15)6-4-9-7-11(13)5-3-10(9)8-14/h3,5,7H,2,4,6H2,1H3. The molecule has 0 aliphatic rings. The summed E-state index contributed by atoms with van der Waals surface area (Å²) in [6.45, 7) is 2.17. The number of nitriles is 1. The van der Waals surface area contributed by atoms with Crippen molar-refractivity contribution in [3.63, 3.8) is 0 Å². The molecule has 1 aromatic carbocycles. The van der Waals surface area contributed by atoms with Crippen molar-refractivity contribution in [2.75, 3.05) is 6.61 Å². The fourth-order valence-corrected chi connectivity index (χ4v) is 1.76. The zero-order chi connectivity index (χ0) is 12.0. The first kappa shape index (κ1) is 12.7. The van der Waals surface area contributed by atoms with Crippen molar-refractivity contribution >= 4 is 21.9 Å². The number of esters is 1. The van der Waals surface area contributed by atoms with E-state index in [1.807, 2.05) is 12.1 Å². The average molecular weight is 282 g/mol. The zero-order valence-corrected chi connectivity index (χ0v) is 10.6. The molecule has 0 spiro atoms. The van der Waals surface area contributed by atoms with E-state index in [2.05, 4.69) is 22.0 Å². The van der Waals surface area contributed by atoms with Gasteiger partial charge in [-0.05, 0) is 37.1 Å². The van der Waals surface area contributed by atoms with Crippen LogP contribution in [0.25, 0.3) is 0 Å². The van der Waals surface area contributed by atoms with Gasteiger partial charge in [-0.25, -0.2) is 0 Å². The number of aryl methyl sites for hydroxylation is 1.